The van der Waals surface area contributed by atoms with E-state index in [9.17, 15) is 19.7 Å². The Bertz CT molecular complexity index is 2230. The van der Waals surface area contributed by atoms with Gasteiger partial charge in [0.2, 0.25) is 11.8 Å². The largest absolute Gasteiger partial charge is 0.475 e. The fourth-order valence-electron chi connectivity index (χ4n) is 7.81. The number of carbonyl (C=O) groups is 1. The van der Waals surface area contributed by atoms with Gasteiger partial charge in [-0.2, -0.15) is 15.6 Å². The van der Waals surface area contributed by atoms with Gasteiger partial charge in [-0.3, -0.25) is 9.48 Å². The van der Waals surface area contributed by atoms with Gasteiger partial charge in [0, 0.05) is 41.0 Å². The number of aryl methyl sites for hydroxylation is 1. The number of nitrogens with zero attached hydrogens (tertiary/aromatic N) is 7. The molecule has 11 heteroatoms. The summed E-state index contributed by atoms with van der Waals surface area (Å²) in [5, 5.41) is 27.2. The van der Waals surface area contributed by atoms with E-state index in [4.69, 9.17) is 14.8 Å². The smallest absolute Gasteiger partial charge is 0.246 e. The molecule has 0 unspecified atom stereocenters. The monoisotopic (exact) mass is 673 g/mol. The Hall–Kier alpha value is -5.39. The van der Waals surface area contributed by atoms with Crippen molar-refractivity contribution >= 4 is 38.5 Å². The first-order valence-corrected chi connectivity index (χ1v) is 17.0. The molecule has 0 saturated carbocycles. The number of allylic oxidation sites excluding steroid dienone is 1. The normalized spacial score (nSPS) is 19.8. The number of alkyl halides is 1. The number of carbonyl (C=O) groups excluding carboxylic acids is 1. The summed E-state index contributed by atoms with van der Waals surface area (Å²) in [6, 6.07) is 17.1. The first-order valence-electron chi connectivity index (χ1n) is 17.0. The summed E-state index contributed by atoms with van der Waals surface area (Å²) in [5.41, 5.74) is 2.92. The number of ether oxygens (including phenoxy) is 1. The second-order valence-corrected chi connectivity index (χ2v) is 13.2. The molecule has 2 aliphatic rings. The number of hydrogen-bond acceptors (Lipinski definition) is 7. The van der Waals surface area contributed by atoms with Gasteiger partial charge in [-0.1, -0.05) is 30.3 Å². The van der Waals surface area contributed by atoms with E-state index in [0.717, 1.165) is 24.8 Å². The highest BCUT2D eigenvalue weighted by molar-refractivity contribution is 6.09. The molecule has 7 rings (SSSR count). The average Bonchev–Trinajstić information content (AvgIpc) is 3.76. The molecule has 2 saturated heterocycles. The van der Waals surface area contributed by atoms with Gasteiger partial charge < -0.3 is 14.5 Å². The third-order valence-electron chi connectivity index (χ3n) is 10.3. The molecular formula is C39H37F2N7O2. The van der Waals surface area contributed by atoms with Crippen molar-refractivity contribution in [3.05, 3.63) is 77.8 Å². The fraction of sp³-hybridized carbons (Fsp3) is 0.359. The van der Waals surface area contributed by atoms with Gasteiger partial charge >= 0.3 is 0 Å². The van der Waals surface area contributed by atoms with E-state index in [1.165, 1.54) is 12.2 Å². The zero-order chi connectivity index (χ0) is 34.9. The summed E-state index contributed by atoms with van der Waals surface area (Å²) in [6.45, 7) is 2.84. The first kappa shape index (κ1) is 33.1. The summed E-state index contributed by atoms with van der Waals surface area (Å²) in [5.74, 6) is -0.548. The Labute approximate surface area is 289 Å². The van der Waals surface area contributed by atoms with Gasteiger partial charge in [0.15, 0.2) is 5.82 Å². The predicted molar refractivity (Wildman–Crippen MR) is 188 cm³/mol. The minimum atomic E-state index is -0.745. The topological polar surface area (TPSA) is 111 Å². The van der Waals surface area contributed by atoms with Crippen LogP contribution < -0.4 is 4.74 Å². The number of piperidine rings is 1. The molecule has 3 aromatic carbocycles. The lowest BCUT2D eigenvalue weighted by Crippen LogP contribution is -2.46. The number of likely N-dealkylation sites (tertiary alicyclic amines) is 2. The molecular weight excluding hydrogens is 636 g/mol. The number of amides is 1. The number of benzene rings is 3. The molecule has 1 amide bonds. The van der Waals surface area contributed by atoms with Gasteiger partial charge in [-0.15, -0.1) is 0 Å². The lowest BCUT2D eigenvalue weighted by atomic mass is 9.90. The van der Waals surface area contributed by atoms with E-state index in [1.54, 1.807) is 17.2 Å². The standard InChI is InChI=1S/C39H37F2N7O2/c1-24-19-31-37(36(41)34(24)30-11-4-8-25-7-3-9-26(21-43)35(25)30)45-39(50-23-29-10-6-17-46(29)2)32-22-44-48(38(31)32)28-14-18-47(27(20-28)13-16-42)33(49)12-5-15-40/h3-5,7-9,11-12,19,22,27-29H,6,10,13-15,17-18,20,23H2,1-2H3/b12-5+/t27-,28+,29+/m1/s1. The maximum absolute atomic E-state index is 17.2. The van der Waals surface area contributed by atoms with Crippen LogP contribution in [0.2, 0.25) is 0 Å². The summed E-state index contributed by atoms with van der Waals surface area (Å²) >= 11 is 0. The SMILES string of the molecule is Cc1cc2c(nc(OC[C@@H]3CCCN3C)c3cnn([C@H]4CCN(C(=O)/C=C/CF)[C@H](CC#N)C4)c32)c(F)c1-c1cccc2cccc(C#N)c12. The zero-order valence-corrected chi connectivity index (χ0v) is 28.1. The second-order valence-electron chi connectivity index (χ2n) is 13.2. The van der Waals surface area contributed by atoms with Crippen molar-refractivity contribution in [3.8, 4) is 29.1 Å². The molecule has 254 valence electrons. The zero-order valence-electron chi connectivity index (χ0n) is 28.1. The maximum atomic E-state index is 17.2. The number of nitriles is 2. The van der Waals surface area contributed by atoms with Crippen LogP contribution in [0.4, 0.5) is 8.78 Å². The van der Waals surface area contributed by atoms with Crippen molar-refractivity contribution in [2.75, 3.05) is 33.4 Å². The van der Waals surface area contributed by atoms with Crippen molar-refractivity contribution in [1.29, 1.82) is 10.5 Å². The van der Waals surface area contributed by atoms with Crippen molar-refractivity contribution in [1.82, 2.24) is 24.6 Å². The Morgan fingerprint density at radius 2 is 1.94 bits per heavy atom. The van der Waals surface area contributed by atoms with E-state index in [0.29, 0.717) is 75.8 Å². The van der Waals surface area contributed by atoms with Crippen molar-refractivity contribution in [2.45, 2.75) is 57.2 Å². The quantitative estimate of drug-likeness (QED) is 0.161. The number of hydrogen-bond donors (Lipinski definition) is 0. The van der Waals surface area contributed by atoms with Crippen LogP contribution >= 0.6 is 0 Å². The van der Waals surface area contributed by atoms with Crippen LogP contribution in [-0.2, 0) is 4.79 Å². The highest BCUT2D eigenvalue weighted by atomic mass is 19.1. The molecule has 2 aromatic heterocycles. The molecule has 0 N–H and O–H groups in total. The maximum Gasteiger partial charge on any atom is 0.246 e. The minimum Gasteiger partial charge on any atom is -0.475 e. The van der Waals surface area contributed by atoms with Crippen LogP contribution in [0.5, 0.6) is 5.88 Å². The highest BCUT2D eigenvalue weighted by Gasteiger charge is 2.34. The minimum absolute atomic E-state index is 0.114. The molecule has 9 nitrogen and oxygen atoms in total. The number of aromatic nitrogens is 3. The van der Waals surface area contributed by atoms with E-state index in [1.807, 2.05) is 48.0 Å². The Morgan fingerprint density at radius 1 is 1.12 bits per heavy atom. The molecule has 5 aromatic rings. The molecule has 4 heterocycles. The van der Waals surface area contributed by atoms with Crippen LogP contribution in [0.1, 0.15) is 49.3 Å². The summed E-state index contributed by atoms with van der Waals surface area (Å²) < 4.78 is 38.3. The third kappa shape index (κ3) is 5.82. The Kier molecular flexibility index (Phi) is 9.18. The summed E-state index contributed by atoms with van der Waals surface area (Å²) in [4.78, 5) is 21.6. The van der Waals surface area contributed by atoms with E-state index in [2.05, 4.69) is 24.1 Å². The number of likely N-dealkylation sites (N-methyl/N-ethyl adjacent to an activating group) is 1. The second kappa shape index (κ2) is 13.9. The molecule has 0 aliphatic carbocycles. The van der Waals surface area contributed by atoms with Gasteiger partial charge in [0.1, 0.15) is 18.8 Å². The van der Waals surface area contributed by atoms with E-state index < -0.39 is 18.5 Å². The van der Waals surface area contributed by atoms with Crippen LogP contribution in [0.15, 0.2) is 60.8 Å². The number of pyridine rings is 1. The fourth-order valence-corrected chi connectivity index (χ4v) is 7.81. The lowest BCUT2D eigenvalue weighted by molar-refractivity contribution is -0.130. The van der Waals surface area contributed by atoms with Crippen LogP contribution in [0.3, 0.4) is 0 Å². The average molecular weight is 674 g/mol. The van der Waals surface area contributed by atoms with Crippen LogP contribution in [-0.4, -0.2) is 76.0 Å². The van der Waals surface area contributed by atoms with Gasteiger partial charge in [0.25, 0.3) is 0 Å². The van der Waals surface area contributed by atoms with Gasteiger partial charge in [-0.25, -0.2) is 13.8 Å². The molecule has 0 bridgehead atoms. The van der Waals surface area contributed by atoms with Gasteiger partial charge in [-0.05, 0) is 80.9 Å². The Morgan fingerprint density at radius 3 is 2.68 bits per heavy atom. The predicted octanol–water partition coefficient (Wildman–Crippen LogP) is 7.17. The van der Waals surface area contributed by atoms with Crippen LogP contribution in [0, 0.1) is 35.4 Å². The first-order chi connectivity index (χ1) is 24.3. The number of halogens is 2. The van der Waals surface area contributed by atoms with Gasteiger partial charge in [0.05, 0.1) is 47.3 Å². The number of fused-ring (bicyclic) bond motifs is 4. The van der Waals surface area contributed by atoms with E-state index >= 15 is 4.39 Å². The van der Waals surface area contributed by atoms with Crippen molar-refractivity contribution in [3.63, 3.8) is 0 Å². The highest BCUT2D eigenvalue weighted by Crippen LogP contribution is 2.42. The van der Waals surface area contributed by atoms with Crippen LogP contribution in [0.25, 0.3) is 43.7 Å². The summed E-state index contributed by atoms with van der Waals surface area (Å²) in [7, 11) is 2.07. The molecule has 2 aliphatic heterocycles. The van der Waals surface area contributed by atoms with E-state index in [-0.39, 0.29) is 29.9 Å². The third-order valence-corrected chi connectivity index (χ3v) is 10.3. The molecule has 2 fully saturated rings. The van der Waals surface area contributed by atoms with Crippen molar-refractivity contribution < 1.29 is 18.3 Å². The molecule has 3 atom stereocenters. The lowest BCUT2D eigenvalue weighted by Gasteiger charge is -2.38. The van der Waals surface area contributed by atoms with Crippen molar-refractivity contribution in [2.24, 2.45) is 0 Å². The summed E-state index contributed by atoms with van der Waals surface area (Å²) in [6.07, 6.45) is 7.26. The number of rotatable bonds is 8. The molecule has 0 spiro atoms. The molecule has 50 heavy (non-hydrogen) atoms. The Balaban J connectivity index is 1.39. The molecule has 0 radical (unpaired) electrons.